The Morgan fingerprint density at radius 1 is 0.857 bits per heavy atom. The van der Waals surface area contributed by atoms with Crippen molar-refractivity contribution < 1.29 is 27.0 Å². The van der Waals surface area contributed by atoms with E-state index in [1.54, 1.807) is 0 Å². The summed E-state index contributed by atoms with van der Waals surface area (Å²) in [5.74, 6) is -0.172. The fourth-order valence-electron chi connectivity index (χ4n) is 1.93. The molecule has 0 aliphatic heterocycles. The molecule has 0 spiro atoms. The summed E-state index contributed by atoms with van der Waals surface area (Å²) in [6.07, 6.45) is -4.52. The molecule has 112 valence electrons. The number of methoxy groups -OCH3 is 2. The summed E-state index contributed by atoms with van der Waals surface area (Å²) in [5.41, 5.74) is -0.874. The predicted molar refractivity (Wildman–Crippen MR) is 69.9 cm³/mol. The van der Waals surface area contributed by atoms with Gasteiger partial charge in [0.2, 0.25) is 0 Å². The fourth-order valence-corrected chi connectivity index (χ4v) is 1.93. The normalized spacial score (nSPS) is 11.3. The first-order valence-corrected chi connectivity index (χ1v) is 5.96. The molecule has 0 atom stereocenters. The third kappa shape index (κ3) is 3.09. The highest BCUT2D eigenvalue weighted by Gasteiger charge is 2.31. The molecule has 21 heavy (non-hydrogen) atoms. The maximum atomic E-state index is 13.9. The van der Waals surface area contributed by atoms with Crippen molar-refractivity contribution in [2.24, 2.45) is 0 Å². The van der Waals surface area contributed by atoms with Crippen molar-refractivity contribution in [3.8, 4) is 22.6 Å². The molecule has 2 nitrogen and oxygen atoms in total. The lowest BCUT2D eigenvalue weighted by atomic mass is 10.0. The number of ether oxygens (including phenoxy) is 2. The van der Waals surface area contributed by atoms with Gasteiger partial charge in [0.1, 0.15) is 17.3 Å². The Bertz CT molecular complexity index is 651. The van der Waals surface area contributed by atoms with Crippen LogP contribution in [0.1, 0.15) is 5.56 Å². The van der Waals surface area contributed by atoms with E-state index in [0.717, 1.165) is 24.3 Å². The van der Waals surface area contributed by atoms with Crippen molar-refractivity contribution in [1.82, 2.24) is 0 Å². The Kier molecular flexibility index (Phi) is 4.06. The van der Waals surface area contributed by atoms with E-state index in [-0.39, 0.29) is 16.9 Å². The first-order valence-electron chi connectivity index (χ1n) is 5.96. The number of hydrogen-bond acceptors (Lipinski definition) is 2. The van der Waals surface area contributed by atoms with Crippen molar-refractivity contribution in [3.63, 3.8) is 0 Å². The van der Waals surface area contributed by atoms with Gasteiger partial charge in [-0.15, -0.1) is 0 Å². The molecule has 0 radical (unpaired) electrons. The van der Waals surface area contributed by atoms with Crippen LogP contribution in [0.5, 0.6) is 11.5 Å². The smallest absolute Gasteiger partial charge is 0.416 e. The Labute approximate surface area is 118 Å². The number of alkyl halides is 3. The average Bonchev–Trinajstić information content (AvgIpc) is 2.46. The minimum Gasteiger partial charge on any atom is -0.497 e. The zero-order valence-corrected chi connectivity index (χ0v) is 11.3. The number of benzene rings is 2. The SMILES string of the molecule is COc1ccc(F)c(-c2cc(C(F)(F)F)ccc2OC)c1. The van der Waals surface area contributed by atoms with Crippen LogP contribution in [0.15, 0.2) is 36.4 Å². The van der Waals surface area contributed by atoms with Crippen LogP contribution in [0.3, 0.4) is 0 Å². The summed E-state index contributed by atoms with van der Waals surface area (Å²) in [5, 5.41) is 0. The molecular weight excluding hydrogens is 288 g/mol. The first kappa shape index (κ1) is 15.2. The molecule has 0 bridgehead atoms. The largest absolute Gasteiger partial charge is 0.497 e. The van der Waals surface area contributed by atoms with Crippen LogP contribution in [0, 0.1) is 5.82 Å². The van der Waals surface area contributed by atoms with Gasteiger partial charge < -0.3 is 9.47 Å². The van der Waals surface area contributed by atoms with Crippen molar-refractivity contribution in [3.05, 3.63) is 47.8 Å². The Hall–Kier alpha value is -2.24. The maximum absolute atomic E-state index is 13.9. The summed E-state index contributed by atoms with van der Waals surface area (Å²) in [6.45, 7) is 0. The van der Waals surface area contributed by atoms with E-state index in [0.29, 0.717) is 5.75 Å². The fraction of sp³-hybridized carbons (Fsp3) is 0.200. The van der Waals surface area contributed by atoms with Gasteiger partial charge in [0.15, 0.2) is 0 Å². The lowest BCUT2D eigenvalue weighted by Crippen LogP contribution is -2.05. The van der Waals surface area contributed by atoms with Crippen LogP contribution in [0.2, 0.25) is 0 Å². The van der Waals surface area contributed by atoms with Crippen LogP contribution < -0.4 is 9.47 Å². The Balaban J connectivity index is 2.66. The van der Waals surface area contributed by atoms with Crippen LogP contribution >= 0.6 is 0 Å². The maximum Gasteiger partial charge on any atom is 0.416 e. The third-order valence-electron chi connectivity index (χ3n) is 2.99. The van der Waals surface area contributed by atoms with Gasteiger partial charge >= 0.3 is 6.18 Å². The van der Waals surface area contributed by atoms with E-state index in [1.165, 1.54) is 26.4 Å². The molecule has 0 aromatic heterocycles. The van der Waals surface area contributed by atoms with Crippen LogP contribution in [0.25, 0.3) is 11.1 Å². The van der Waals surface area contributed by atoms with Gasteiger partial charge in [-0.1, -0.05) is 0 Å². The summed E-state index contributed by atoms with van der Waals surface area (Å²) in [6, 6.07) is 6.76. The average molecular weight is 300 g/mol. The molecule has 0 aliphatic rings. The molecule has 2 rings (SSSR count). The van der Waals surface area contributed by atoms with Crippen molar-refractivity contribution in [1.29, 1.82) is 0 Å². The molecule has 0 saturated carbocycles. The standard InChI is InChI=1S/C15H12F4O2/c1-20-10-4-5-13(16)11(8-10)12-7-9(15(17,18)19)3-6-14(12)21-2/h3-8H,1-2H3. The van der Waals surface area contributed by atoms with Crippen LogP contribution in [-0.2, 0) is 6.18 Å². The van der Waals surface area contributed by atoms with Crippen molar-refractivity contribution >= 4 is 0 Å². The van der Waals surface area contributed by atoms with Gasteiger partial charge in [-0.25, -0.2) is 4.39 Å². The van der Waals surface area contributed by atoms with Gasteiger partial charge in [0.05, 0.1) is 19.8 Å². The van der Waals surface area contributed by atoms with E-state index >= 15 is 0 Å². The summed E-state index contributed by atoms with van der Waals surface area (Å²) in [4.78, 5) is 0. The van der Waals surface area contributed by atoms with Gasteiger partial charge in [-0.2, -0.15) is 13.2 Å². The molecule has 0 aliphatic carbocycles. The van der Waals surface area contributed by atoms with E-state index in [4.69, 9.17) is 9.47 Å². The van der Waals surface area contributed by atoms with Gasteiger partial charge in [-0.3, -0.25) is 0 Å². The topological polar surface area (TPSA) is 18.5 Å². The Morgan fingerprint density at radius 3 is 2.14 bits per heavy atom. The second-order valence-corrected chi connectivity index (χ2v) is 4.26. The van der Waals surface area contributed by atoms with E-state index in [2.05, 4.69) is 0 Å². The number of rotatable bonds is 3. The summed E-state index contributed by atoms with van der Waals surface area (Å²) < 4.78 is 62.4. The third-order valence-corrected chi connectivity index (χ3v) is 2.99. The lowest BCUT2D eigenvalue weighted by molar-refractivity contribution is -0.137. The molecule has 0 N–H and O–H groups in total. The highest BCUT2D eigenvalue weighted by molar-refractivity contribution is 5.73. The molecule has 0 unspecified atom stereocenters. The van der Waals surface area contributed by atoms with E-state index in [9.17, 15) is 17.6 Å². The zero-order valence-electron chi connectivity index (χ0n) is 11.3. The number of halogens is 4. The molecule has 0 amide bonds. The molecule has 0 fully saturated rings. The second kappa shape index (κ2) is 5.63. The molecule has 0 saturated heterocycles. The van der Waals surface area contributed by atoms with Gasteiger partial charge in [0, 0.05) is 11.1 Å². The van der Waals surface area contributed by atoms with E-state index < -0.39 is 17.6 Å². The zero-order chi connectivity index (χ0) is 15.6. The van der Waals surface area contributed by atoms with E-state index in [1.807, 2.05) is 0 Å². The lowest BCUT2D eigenvalue weighted by Gasteiger charge is -2.14. The monoisotopic (exact) mass is 300 g/mol. The molecule has 0 heterocycles. The molecule has 2 aromatic carbocycles. The second-order valence-electron chi connectivity index (χ2n) is 4.26. The molecule has 2 aromatic rings. The highest BCUT2D eigenvalue weighted by Crippen LogP contribution is 2.38. The molecular formula is C15H12F4O2. The van der Waals surface area contributed by atoms with Crippen molar-refractivity contribution in [2.75, 3.05) is 14.2 Å². The summed E-state index contributed by atoms with van der Waals surface area (Å²) in [7, 11) is 2.70. The number of hydrogen-bond donors (Lipinski definition) is 0. The highest BCUT2D eigenvalue weighted by atomic mass is 19.4. The Morgan fingerprint density at radius 2 is 1.57 bits per heavy atom. The molecule has 6 heteroatoms. The summed E-state index contributed by atoms with van der Waals surface area (Å²) >= 11 is 0. The predicted octanol–water partition coefficient (Wildman–Crippen LogP) is 4.53. The minimum absolute atomic E-state index is 0.0164. The van der Waals surface area contributed by atoms with Gasteiger partial charge in [-0.05, 0) is 36.4 Å². The van der Waals surface area contributed by atoms with Gasteiger partial charge in [0.25, 0.3) is 0 Å². The minimum atomic E-state index is -4.52. The first-order chi connectivity index (χ1) is 9.86. The van der Waals surface area contributed by atoms with Crippen LogP contribution in [0.4, 0.5) is 17.6 Å². The van der Waals surface area contributed by atoms with Crippen molar-refractivity contribution in [2.45, 2.75) is 6.18 Å². The quantitative estimate of drug-likeness (QED) is 0.775. The van der Waals surface area contributed by atoms with Crippen LogP contribution in [-0.4, -0.2) is 14.2 Å².